The van der Waals surface area contributed by atoms with E-state index in [9.17, 15) is 4.79 Å². The van der Waals surface area contributed by atoms with Gasteiger partial charge in [-0.05, 0) is 31.3 Å². The highest BCUT2D eigenvalue weighted by Gasteiger charge is 2.20. The summed E-state index contributed by atoms with van der Waals surface area (Å²) in [6, 6.07) is 0. The second kappa shape index (κ2) is 8.70. The summed E-state index contributed by atoms with van der Waals surface area (Å²) in [5.41, 5.74) is 10.2. The number of anilines is 1. The standard InChI is InChI=1S/C16H19Cl3N4O/c1-2-3-4-6-9-7-5-8-10(9)22-23-16(24)14-11(17)13(20)12(18)15(19)21-14/h7H,2-6,8H2,1H3,(H2,20,21)(H,23,24)/b22-10-. The fourth-order valence-electron chi connectivity index (χ4n) is 2.45. The van der Waals surface area contributed by atoms with Crippen LogP contribution in [0.5, 0.6) is 0 Å². The molecule has 1 aliphatic carbocycles. The van der Waals surface area contributed by atoms with Crippen molar-refractivity contribution in [2.45, 2.75) is 45.4 Å². The normalized spacial score (nSPS) is 15.7. The Labute approximate surface area is 156 Å². The van der Waals surface area contributed by atoms with E-state index >= 15 is 0 Å². The van der Waals surface area contributed by atoms with Gasteiger partial charge >= 0.3 is 0 Å². The summed E-state index contributed by atoms with van der Waals surface area (Å²) in [7, 11) is 0. The second-order valence-electron chi connectivity index (χ2n) is 5.52. The first-order valence-electron chi connectivity index (χ1n) is 7.82. The van der Waals surface area contributed by atoms with Gasteiger partial charge in [-0.3, -0.25) is 4.79 Å². The predicted molar refractivity (Wildman–Crippen MR) is 100 cm³/mol. The van der Waals surface area contributed by atoms with Crippen LogP contribution in [0, 0.1) is 0 Å². The molecule has 2 rings (SSSR count). The molecule has 0 unspecified atom stereocenters. The summed E-state index contributed by atoms with van der Waals surface area (Å²) in [6.45, 7) is 2.16. The van der Waals surface area contributed by atoms with Crippen LogP contribution < -0.4 is 11.2 Å². The Morgan fingerprint density at radius 2 is 2.08 bits per heavy atom. The van der Waals surface area contributed by atoms with Gasteiger partial charge in [-0.1, -0.05) is 60.6 Å². The number of halogens is 3. The molecule has 0 fully saturated rings. The molecule has 0 saturated carbocycles. The summed E-state index contributed by atoms with van der Waals surface area (Å²) >= 11 is 17.7. The molecule has 0 radical (unpaired) electrons. The number of pyridine rings is 1. The van der Waals surface area contributed by atoms with Gasteiger partial charge in [-0.2, -0.15) is 5.10 Å². The van der Waals surface area contributed by atoms with Crippen molar-refractivity contribution < 1.29 is 4.79 Å². The molecule has 1 aromatic heterocycles. The Kier molecular flexibility index (Phi) is 6.90. The molecule has 5 nitrogen and oxygen atoms in total. The molecule has 130 valence electrons. The molecule has 1 heterocycles. The number of nitrogens with zero attached hydrogens (tertiary/aromatic N) is 2. The number of unbranched alkanes of at least 4 members (excludes halogenated alkanes) is 2. The lowest BCUT2D eigenvalue weighted by atomic mass is 10.1. The van der Waals surface area contributed by atoms with Crippen LogP contribution in [0.2, 0.25) is 15.2 Å². The molecule has 0 aliphatic heterocycles. The minimum atomic E-state index is -0.572. The molecule has 0 aromatic carbocycles. The fourth-order valence-corrected chi connectivity index (χ4v) is 3.05. The summed E-state index contributed by atoms with van der Waals surface area (Å²) in [5.74, 6) is -0.572. The van der Waals surface area contributed by atoms with Crippen LogP contribution in [0.1, 0.15) is 55.9 Å². The Balaban J connectivity index is 2.09. The predicted octanol–water partition coefficient (Wildman–Crippen LogP) is 5.01. The van der Waals surface area contributed by atoms with E-state index in [0.717, 1.165) is 31.4 Å². The summed E-state index contributed by atoms with van der Waals surface area (Å²) in [4.78, 5) is 16.1. The number of carbonyl (C=O) groups excluding carboxylic acids is 1. The number of nitrogen functional groups attached to an aromatic ring is 1. The largest absolute Gasteiger partial charge is 0.396 e. The highest BCUT2D eigenvalue weighted by atomic mass is 35.5. The first-order chi connectivity index (χ1) is 11.5. The molecule has 1 amide bonds. The molecular weight excluding hydrogens is 371 g/mol. The number of rotatable bonds is 6. The Morgan fingerprint density at radius 3 is 2.79 bits per heavy atom. The van der Waals surface area contributed by atoms with Gasteiger partial charge in [0.05, 0.1) is 16.4 Å². The van der Waals surface area contributed by atoms with E-state index in [0.29, 0.717) is 0 Å². The van der Waals surface area contributed by atoms with Crippen LogP contribution in [0.25, 0.3) is 0 Å². The van der Waals surface area contributed by atoms with E-state index in [1.54, 1.807) is 0 Å². The summed E-state index contributed by atoms with van der Waals surface area (Å²) < 4.78 is 0. The number of hydrogen-bond donors (Lipinski definition) is 2. The molecule has 24 heavy (non-hydrogen) atoms. The highest BCUT2D eigenvalue weighted by Crippen LogP contribution is 2.34. The van der Waals surface area contributed by atoms with Gasteiger partial charge in [0.25, 0.3) is 5.91 Å². The van der Waals surface area contributed by atoms with Crippen LogP contribution in [-0.4, -0.2) is 16.6 Å². The molecule has 8 heteroatoms. The van der Waals surface area contributed by atoms with E-state index in [1.165, 1.54) is 18.4 Å². The minimum absolute atomic E-state index is 0.0251. The average molecular weight is 390 g/mol. The van der Waals surface area contributed by atoms with Crippen molar-refractivity contribution in [2.75, 3.05) is 5.73 Å². The number of nitrogens with two attached hydrogens (primary N) is 1. The van der Waals surface area contributed by atoms with E-state index < -0.39 is 5.91 Å². The number of hydrogen-bond acceptors (Lipinski definition) is 4. The lowest BCUT2D eigenvalue weighted by molar-refractivity contribution is 0.0950. The first kappa shape index (κ1) is 19.0. The SMILES string of the molecule is CCCCCC1=CCC/C1=N/NC(=O)c1nc(Cl)c(Cl)c(N)c1Cl. The molecular formula is C16H19Cl3N4O. The monoisotopic (exact) mass is 388 g/mol. The zero-order valence-corrected chi connectivity index (χ0v) is 15.6. The summed E-state index contributed by atoms with van der Waals surface area (Å²) in [5, 5.41) is 4.14. The van der Waals surface area contributed by atoms with Crippen molar-refractivity contribution >= 4 is 52.1 Å². The highest BCUT2D eigenvalue weighted by molar-refractivity contribution is 6.46. The van der Waals surface area contributed by atoms with Crippen molar-refractivity contribution in [3.63, 3.8) is 0 Å². The minimum Gasteiger partial charge on any atom is -0.396 e. The first-order valence-corrected chi connectivity index (χ1v) is 8.95. The van der Waals surface area contributed by atoms with E-state index in [1.807, 2.05) is 0 Å². The van der Waals surface area contributed by atoms with E-state index in [4.69, 9.17) is 40.5 Å². The number of aromatic nitrogens is 1. The third-order valence-corrected chi connectivity index (χ3v) is 4.91. The quantitative estimate of drug-likeness (QED) is 0.407. The lowest BCUT2D eigenvalue weighted by Crippen LogP contribution is -2.22. The van der Waals surface area contributed by atoms with Gasteiger partial charge in [0.1, 0.15) is 5.02 Å². The van der Waals surface area contributed by atoms with Crippen LogP contribution in [-0.2, 0) is 0 Å². The van der Waals surface area contributed by atoms with Crippen molar-refractivity contribution in [1.29, 1.82) is 0 Å². The van der Waals surface area contributed by atoms with Crippen LogP contribution >= 0.6 is 34.8 Å². The van der Waals surface area contributed by atoms with Gasteiger partial charge in [-0.15, -0.1) is 0 Å². The third kappa shape index (κ3) is 4.41. The number of allylic oxidation sites excluding steroid dienone is 2. The smallest absolute Gasteiger partial charge is 0.291 e. The zero-order valence-electron chi connectivity index (χ0n) is 13.3. The van der Waals surface area contributed by atoms with E-state index in [-0.39, 0.29) is 26.6 Å². The van der Waals surface area contributed by atoms with Crippen molar-refractivity contribution in [3.8, 4) is 0 Å². The molecule has 3 N–H and O–H groups in total. The molecule has 1 aromatic rings. The molecule has 0 spiro atoms. The number of amides is 1. The molecule has 0 saturated heterocycles. The Hall–Kier alpha value is -1.30. The number of nitrogens with one attached hydrogen (secondary N) is 1. The summed E-state index contributed by atoms with van der Waals surface area (Å²) in [6.07, 6.45) is 8.36. The average Bonchev–Trinajstić information content (AvgIpc) is 3.01. The molecule has 0 atom stereocenters. The number of carbonyl (C=O) groups is 1. The maximum absolute atomic E-state index is 12.3. The maximum atomic E-state index is 12.3. The maximum Gasteiger partial charge on any atom is 0.291 e. The number of hydrazone groups is 1. The lowest BCUT2D eigenvalue weighted by Gasteiger charge is -2.09. The van der Waals surface area contributed by atoms with Crippen LogP contribution in [0.4, 0.5) is 5.69 Å². The Bertz CT molecular complexity index is 701. The van der Waals surface area contributed by atoms with Crippen LogP contribution in [0.15, 0.2) is 16.8 Å². The van der Waals surface area contributed by atoms with Crippen LogP contribution in [0.3, 0.4) is 0 Å². The Morgan fingerprint density at radius 1 is 1.33 bits per heavy atom. The van der Waals surface area contributed by atoms with Gasteiger partial charge in [0, 0.05) is 0 Å². The van der Waals surface area contributed by atoms with Gasteiger partial charge in [0.15, 0.2) is 10.8 Å². The van der Waals surface area contributed by atoms with Gasteiger partial charge in [0.2, 0.25) is 0 Å². The zero-order chi connectivity index (χ0) is 17.7. The molecule has 0 bridgehead atoms. The van der Waals surface area contributed by atoms with Crippen molar-refractivity contribution in [1.82, 2.24) is 10.4 Å². The van der Waals surface area contributed by atoms with E-state index in [2.05, 4.69) is 28.5 Å². The van der Waals surface area contributed by atoms with Gasteiger partial charge < -0.3 is 5.73 Å². The molecule has 1 aliphatic rings. The second-order valence-corrected chi connectivity index (χ2v) is 6.63. The third-order valence-electron chi connectivity index (χ3n) is 3.77. The van der Waals surface area contributed by atoms with Gasteiger partial charge in [-0.25, -0.2) is 10.4 Å². The fraction of sp³-hybridized carbons (Fsp3) is 0.438. The van der Waals surface area contributed by atoms with Crippen molar-refractivity contribution in [3.05, 3.63) is 32.5 Å². The van der Waals surface area contributed by atoms with Crippen molar-refractivity contribution in [2.24, 2.45) is 5.10 Å². The topological polar surface area (TPSA) is 80.4 Å².